The summed E-state index contributed by atoms with van der Waals surface area (Å²) in [4.78, 5) is 4.07. The number of hydrogen-bond donors (Lipinski definition) is 2. The maximum atomic E-state index is 7.36. The summed E-state index contributed by atoms with van der Waals surface area (Å²) in [5, 5.41) is 11.0. The van der Waals surface area contributed by atoms with Crippen LogP contribution in [0, 0.1) is 12.3 Å². The van der Waals surface area contributed by atoms with Crippen molar-refractivity contribution in [2.24, 2.45) is 5.73 Å². The Morgan fingerprint density at radius 3 is 2.67 bits per heavy atom. The van der Waals surface area contributed by atoms with Crippen LogP contribution >= 0.6 is 0 Å². The number of nitrogens with two attached hydrogens (primary N) is 1. The lowest BCUT2D eigenvalue weighted by atomic mass is 10.1. The molecular formula is C7H10N4O. The lowest BCUT2D eigenvalue weighted by Crippen LogP contribution is -2.27. The number of aromatic nitrogens is 2. The fraction of sp³-hybridized carbons (Fsp3) is 0.571. The van der Waals surface area contributed by atoms with E-state index in [2.05, 4.69) is 10.1 Å². The van der Waals surface area contributed by atoms with Crippen LogP contribution in [0.5, 0.6) is 0 Å². The topological polar surface area (TPSA) is 88.8 Å². The van der Waals surface area contributed by atoms with Gasteiger partial charge in [-0.2, -0.15) is 4.98 Å². The van der Waals surface area contributed by atoms with Crippen LogP contribution in [0.1, 0.15) is 24.6 Å². The monoisotopic (exact) mass is 166 g/mol. The third kappa shape index (κ3) is 0.823. The lowest BCUT2D eigenvalue weighted by molar-refractivity contribution is 0.363. The summed E-state index contributed by atoms with van der Waals surface area (Å²) < 4.78 is 4.97. The van der Waals surface area contributed by atoms with E-state index in [9.17, 15) is 0 Å². The molecule has 0 unspecified atom stereocenters. The molecule has 1 aromatic heterocycles. The molecule has 2 rings (SSSR count). The smallest absolute Gasteiger partial charge is 0.240 e. The van der Waals surface area contributed by atoms with Gasteiger partial charge >= 0.3 is 0 Å². The van der Waals surface area contributed by atoms with Gasteiger partial charge < -0.3 is 10.3 Å². The molecule has 12 heavy (non-hydrogen) atoms. The first-order valence-electron chi connectivity index (χ1n) is 3.80. The van der Waals surface area contributed by atoms with Crippen LogP contribution < -0.4 is 5.73 Å². The molecule has 1 heterocycles. The number of aryl methyl sites for hydroxylation is 1. The Balaban J connectivity index is 2.36. The molecule has 0 aliphatic heterocycles. The Kier molecular flexibility index (Phi) is 1.25. The first-order chi connectivity index (χ1) is 5.65. The minimum absolute atomic E-state index is 0.131. The number of nitrogens with one attached hydrogen (secondary N) is 1. The van der Waals surface area contributed by atoms with E-state index in [1.54, 1.807) is 6.92 Å². The zero-order valence-corrected chi connectivity index (χ0v) is 6.79. The third-order valence-electron chi connectivity index (χ3n) is 2.20. The molecule has 3 N–H and O–H groups in total. The standard InChI is InChI=1S/C7H10N4O/c1-4-10-6(12-11-4)7(2-3-7)5(8)9/h2-3H2,1H3,(H3,8,9). The van der Waals surface area contributed by atoms with Crippen LogP contribution in [0.15, 0.2) is 4.52 Å². The van der Waals surface area contributed by atoms with Crippen LogP contribution in [0.3, 0.4) is 0 Å². The molecular weight excluding hydrogens is 156 g/mol. The van der Waals surface area contributed by atoms with E-state index in [0.29, 0.717) is 11.7 Å². The molecule has 5 nitrogen and oxygen atoms in total. The second kappa shape index (κ2) is 2.06. The second-order valence-corrected chi connectivity index (χ2v) is 3.14. The van der Waals surface area contributed by atoms with Gasteiger partial charge in [0.15, 0.2) is 5.82 Å². The Morgan fingerprint density at radius 2 is 2.33 bits per heavy atom. The third-order valence-corrected chi connectivity index (χ3v) is 2.20. The quantitative estimate of drug-likeness (QED) is 0.490. The van der Waals surface area contributed by atoms with Gasteiger partial charge in [-0.1, -0.05) is 5.16 Å². The van der Waals surface area contributed by atoms with E-state index in [-0.39, 0.29) is 5.84 Å². The highest BCUT2D eigenvalue weighted by Crippen LogP contribution is 2.47. The van der Waals surface area contributed by atoms with Gasteiger partial charge in [0.05, 0.1) is 0 Å². The highest BCUT2D eigenvalue weighted by molar-refractivity contribution is 5.90. The summed E-state index contributed by atoms with van der Waals surface area (Å²) in [5.41, 5.74) is 5.01. The summed E-state index contributed by atoms with van der Waals surface area (Å²) in [6.07, 6.45) is 1.70. The van der Waals surface area contributed by atoms with E-state index in [0.717, 1.165) is 12.8 Å². The first kappa shape index (κ1) is 7.27. The van der Waals surface area contributed by atoms with Crippen LogP contribution in [0.4, 0.5) is 0 Å². The maximum Gasteiger partial charge on any atom is 0.240 e. The van der Waals surface area contributed by atoms with Gasteiger partial charge in [-0.25, -0.2) is 0 Å². The highest BCUT2D eigenvalue weighted by Gasteiger charge is 2.52. The minimum Gasteiger partial charge on any atom is -0.387 e. The van der Waals surface area contributed by atoms with Gasteiger partial charge in [-0.3, -0.25) is 5.41 Å². The molecule has 0 atom stereocenters. The fourth-order valence-corrected chi connectivity index (χ4v) is 1.21. The first-order valence-corrected chi connectivity index (χ1v) is 3.80. The predicted octanol–water partition coefficient (Wildman–Crippen LogP) is 0.346. The second-order valence-electron chi connectivity index (χ2n) is 3.14. The molecule has 0 radical (unpaired) electrons. The van der Waals surface area contributed by atoms with Crippen molar-refractivity contribution in [3.8, 4) is 0 Å². The summed E-state index contributed by atoms with van der Waals surface area (Å²) in [6.45, 7) is 1.75. The van der Waals surface area contributed by atoms with Crippen molar-refractivity contribution in [3.63, 3.8) is 0 Å². The molecule has 1 aromatic rings. The zero-order chi connectivity index (χ0) is 8.77. The van der Waals surface area contributed by atoms with Crippen molar-refractivity contribution in [1.29, 1.82) is 5.41 Å². The summed E-state index contributed by atoms with van der Waals surface area (Å²) in [7, 11) is 0. The van der Waals surface area contributed by atoms with Gasteiger partial charge in [-0.15, -0.1) is 0 Å². The molecule has 0 bridgehead atoms. The molecule has 64 valence electrons. The van der Waals surface area contributed by atoms with Gasteiger partial charge in [0.1, 0.15) is 11.3 Å². The molecule has 1 fully saturated rings. The average molecular weight is 166 g/mol. The van der Waals surface area contributed by atoms with E-state index < -0.39 is 5.41 Å². The normalized spacial score (nSPS) is 19.1. The maximum absolute atomic E-state index is 7.36. The molecule has 0 saturated heterocycles. The number of rotatable bonds is 2. The number of nitrogens with zero attached hydrogens (tertiary/aromatic N) is 2. The molecule has 0 amide bonds. The van der Waals surface area contributed by atoms with Crippen molar-refractivity contribution < 1.29 is 4.52 Å². The van der Waals surface area contributed by atoms with Crippen molar-refractivity contribution >= 4 is 5.84 Å². The Morgan fingerprint density at radius 1 is 1.67 bits per heavy atom. The number of hydrogen-bond acceptors (Lipinski definition) is 4. The van der Waals surface area contributed by atoms with Gasteiger partial charge in [0.2, 0.25) is 5.89 Å². The SMILES string of the molecule is Cc1noc(C2(C(=N)N)CC2)n1. The molecule has 0 spiro atoms. The Hall–Kier alpha value is -1.39. The van der Waals surface area contributed by atoms with Crippen LogP contribution in [-0.4, -0.2) is 16.0 Å². The van der Waals surface area contributed by atoms with E-state index in [1.165, 1.54) is 0 Å². The summed E-state index contributed by atoms with van der Waals surface area (Å²) in [6, 6.07) is 0. The molecule has 1 aliphatic rings. The largest absolute Gasteiger partial charge is 0.387 e. The predicted molar refractivity (Wildman–Crippen MR) is 41.9 cm³/mol. The minimum atomic E-state index is -0.415. The summed E-state index contributed by atoms with van der Waals surface area (Å²) in [5.74, 6) is 1.22. The van der Waals surface area contributed by atoms with Gasteiger partial charge in [0, 0.05) is 0 Å². The van der Waals surface area contributed by atoms with Crippen molar-refractivity contribution in [3.05, 3.63) is 11.7 Å². The van der Waals surface area contributed by atoms with Crippen LogP contribution in [-0.2, 0) is 5.41 Å². The van der Waals surface area contributed by atoms with Crippen molar-refractivity contribution in [1.82, 2.24) is 10.1 Å². The van der Waals surface area contributed by atoms with Crippen molar-refractivity contribution in [2.45, 2.75) is 25.2 Å². The van der Waals surface area contributed by atoms with Gasteiger partial charge in [-0.05, 0) is 19.8 Å². The Bertz CT molecular complexity index is 326. The molecule has 1 aliphatic carbocycles. The lowest BCUT2D eigenvalue weighted by Gasteiger charge is -2.05. The van der Waals surface area contributed by atoms with Crippen LogP contribution in [0.25, 0.3) is 0 Å². The van der Waals surface area contributed by atoms with E-state index >= 15 is 0 Å². The fourth-order valence-electron chi connectivity index (χ4n) is 1.21. The molecule has 0 aromatic carbocycles. The number of amidine groups is 1. The van der Waals surface area contributed by atoms with E-state index in [4.69, 9.17) is 15.7 Å². The van der Waals surface area contributed by atoms with Gasteiger partial charge in [0.25, 0.3) is 0 Å². The Labute approximate surface area is 69.5 Å². The molecule has 1 saturated carbocycles. The van der Waals surface area contributed by atoms with E-state index in [1.807, 2.05) is 0 Å². The van der Waals surface area contributed by atoms with Crippen molar-refractivity contribution in [2.75, 3.05) is 0 Å². The highest BCUT2D eigenvalue weighted by atomic mass is 16.5. The summed E-state index contributed by atoms with van der Waals surface area (Å²) >= 11 is 0. The zero-order valence-electron chi connectivity index (χ0n) is 6.79. The molecule has 5 heteroatoms. The van der Waals surface area contributed by atoms with Crippen LogP contribution in [0.2, 0.25) is 0 Å². The average Bonchev–Trinajstić information content (AvgIpc) is 2.71.